The lowest BCUT2D eigenvalue weighted by molar-refractivity contribution is 0.0943. The van der Waals surface area contributed by atoms with Crippen LogP contribution in [0, 0.1) is 0 Å². The van der Waals surface area contributed by atoms with Crippen molar-refractivity contribution in [2.75, 3.05) is 13.2 Å². The number of nitrogens with one attached hydrogen (secondary N) is 1. The molecule has 6 nitrogen and oxygen atoms in total. The molecule has 0 saturated carbocycles. The van der Waals surface area contributed by atoms with Crippen molar-refractivity contribution in [1.29, 1.82) is 0 Å². The Kier molecular flexibility index (Phi) is 2.99. The zero-order chi connectivity index (χ0) is 11.6. The van der Waals surface area contributed by atoms with Gasteiger partial charge in [-0.25, -0.2) is 5.14 Å². The van der Waals surface area contributed by atoms with E-state index in [1.807, 2.05) is 12.1 Å². The van der Waals surface area contributed by atoms with E-state index in [0.29, 0.717) is 18.1 Å². The molecule has 0 fully saturated rings. The van der Waals surface area contributed by atoms with E-state index in [2.05, 4.69) is 4.72 Å². The second kappa shape index (κ2) is 4.28. The topological polar surface area (TPSA) is 90.7 Å². The summed E-state index contributed by atoms with van der Waals surface area (Å²) in [5.74, 6) is 1.27. The van der Waals surface area contributed by atoms with E-state index in [1.165, 1.54) is 0 Å². The molecule has 1 aromatic carbocycles. The van der Waals surface area contributed by atoms with Crippen molar-refractivity contribution < 1.29 is 17.9 Å². The zero-order valence-electron chi connectivity index (χ0n) is 8.42. The van der Waals surface area contributed by atoms with Crippen LogP contribution >= 0.6 is 0 Å². The van der Waals surface area contributed by atoms with Gasteiger partial charge < -0.3 is 9.47 Å². The summed E-state index contributed by atoms with van der Waals surface area (Å²) < 4.78 is 34.5. The molecule has 0 saturated heterocycles. The van der Waals surface area contributed by atoms with Crippen LogP contribution in [0.5, 0.6) is 11.5 Å². The molecule has 1 aliphatic rings. The van der Waals surface area contributed by atoms with E-state index >= 15 is 0 Å². The largest absolute Gasteiger partial charge is 0.486 e. The van der Waals surface area contributed by atoms with Crippen LogP contribution in [-0.2, 0) is 10.2 Å². The molecule has 1 atom stereocenters. The average Bonchev–Trinajstić information content (AvgIpc) is 2.25. The van der Waals surface area contributed by atoms with Gasteiger partial charge >= 0.3 is 0 Å². The minimum Gasteiger partial charge on any atom is -0.486 e. The normalized spacial score (nSPS) is 19.4. The Morgan fingerprint density at radius 2 is 2.06 bits per heavy atom. The van der Waals surface area contributed by atoms with E-state index in [-0.39, 0.29) is 12.6 Å². The smallest absolute Gasteiger partial charge is 0.274 e. The lowest BCUT2D eigenvalue weighted by Gasteiger charge is -2.26. The number of rotatable bonds is 3. The molecule has 1 unspecified atom stereocenters. The first-order chi connectivity index (χ1) is 7.54. The van der Waals surface area contributed by atoms with Crippen molar-refractivity contribution in [2.45, 2.75) is 6.10 Å². The fourth-order valence-electron chi connectivity index (χ4n) is 1.37. The van der Waals surface area contributed by atoms with Crippen molar-refractivity contribution in [2.24, 2.45) is 5.14 Å². The first-order valence-corrected chi connectivity index (χ1v) is 6.25. The molecule has 0 bridgehead atoms. The van der Waals surface area contributed by atoms with Gasteiger partial charge in [-0.2, -0.15) is 13.1 Å². The summed E-state index contributed by atoms with van der Waals surface area (Å²) in [6, 6.07) is 7.21. The van der Waals surface area contributed by atoms with E-state index in [9.17, 15) is 8.42 Å². The SMILES string of the molecule is NS(=O)(=O)NCC1COc2ccccc2O1. The zero-order valence-corrected chi connectivity index (χ0v) is 9.24. The third-order valence-electron chi connectivity index (χ3n) is 2.08. The molecule has 0 aromatic heterocycles. The Labute approximate surface area is 93.5 Å². The number of hydrogen-bond donors (Lipinski definition) is 2. The Morgan fingerprint density at radius 1 is 1.38 bits per heavy atom. The maximum Gasteiger partial charge on any atom is 0.274 e. The lowest BCUT2D eigenvalue weighted by atomic mass is 10.2. The summed E-state index contributed by atoms with van der Waals surface area (Å²) in [6.45, 7) is 0.382. The van der Waals surface area contributed by atoms with Gasteiger partial charge in [0.05, 0.1) is 6.54 Å². The monoisotopic (exact) mass is 244 g/mol. The number of para-hydroxylation sites is 2. The highest BCUT2D eigenvalue weighted by atomic mass is 32.2. The van der Waals surface area contributed by atoms with Crippen LogP contribution in [0.15, 0.2) is 24.3 Å². The van der Waals surface area contributed by atoms with Crippen LogP contribution in [0.1, 0.15) is 0 Å². The number of fused-ring (bicyclic) bond motifs is 1. The molecule has 0 aliphatic carbocycles. The van der Waals surface area contributed by atoms with Gasteiger partial charge in [-0.05, 0) is 12.1 Å². The number of ether oxygens (including phenoxy) is 2. The molecule has 0 amide bonds. The Balaban J connectivity index is 1.98. The maximum absolute atomic E-state index is 10.7. The van der Waals surface area contributed by atoms with Gasteiger partial charge in [0.1, 0.15) is 12.7 Å². The third-order valence-corrected chi connectivity index (χ3v) is 2.65. The van der Waals surface area contributed by atoms with Crippen molar-refractivity contribution in [3.8, 4) is 11.5 Å². The molecular weight excluding hydrogens is 232 g/mol. The highest BCUT2D eigenvalue weighted by Crippen LogP contribution is 2.30. The van der Waals surface area contributed by atoms with Crippen LogP contribution in [0.2, 0.25) is 0 Å². The molecule has 2 rings (SSSR count). The molecule has 1 aliphatic heterocycles. The molecule has 88 valence electrons. The third kappa shape index (κ3) is 2.84. The number of hydrogen-bond acceptors (Lipinski definition) is 4. The molecule has 16 heavy (non-hydrogen) atoms. The highest BCUT2D eigenvalue weighted by Gasteiger charge is 2.21. The summed E-state index contributed by atoms with van der Waals surface area (Å²) in [7, 11) is -3.69. The maximum atomic E-state index is 10.7. The molecule has 1 heterocycles. The van der Waals surface area contributed by atoms with Gasteiger partial charge in [0.2, 0.25) is 0 Å². The van der Waals surface area contributed by atoms with Crippen LogP contribution in [0.4, 0.5) is 0 Å². The predicted molar refractivity (Wildman–Crippen MR) is 57.5 cm³/mol. The number of nitrogens with two attached hydrogens (primary N) is 1. The Hall–Kier alpha value is -1.31. The van der Waals surface area contributed by atoms with Gasteiger partial charge in [0.15, 0.2) is 11.5 Å². The van der Waals surface area contributed by atoms with Gasteiger partial charge in [-0.1, -0.05) is 12.1 Å². The minimum atomic E-state index is -3.69. The standard InChI is InChI=1S/C9H12N2O4S/c10-16(12,13)11-5-7-6-14-8-3-1-2-4-9(8)15-7/h1-4,7,11H,5-6H2,(H2,10,12,13). The average molecular weight is 244 g/mol. The van der Waals surface area contributed by atoms with Gasteiger partial charge in [-0.3, -0.25) is 0 Å². The van der Waals surface area contributed by atoms with Crippen LogP contribution in [-0.4, -0.2) is 27.7 Å². The van der Waals surface area contributed by atoms with Crippen LogP contribution in [0.3, 0.4) is 0 Å². The predicted octanol–water partition coefficient (Wildman–Crippen LogP) is -0.380. The second-order valence-corrected chi connectivity index (χ2v) is 4.77. The fourth-order valence-corrected chi connectivity index (χ4v) is 1.79. The molecule has 0 radical (unpaired) electrons. The summed E-state index contributed by atoms with van der Waals surface area (Å²) in [5.41, 5.74) is 0. The quantitative estimate of drug-likeness (QED) is 0.758. The fraction of sp³-hybridized carbons (Fsp3) is 0.333. The summed E-state index contributed by atoms with van der Waals surface area (Å²) in [4.78, 5) is 0. The van der Waals surface area contributed by atoms with E-state index in [1.54, 1.807) is 12.1 Å². The van der Waals surface area contributed by atoms with Crippen LogP contribution < -0.4 is 19.3 Å². The van der Waals surface area contributed by atoms with Gasteiger partial charge in [0, 0.05) is 0 Å². The van der Waals surface area contributed by atoms with E-state index in [4.69, 9.17) is 14.6 Å². The summed E-state index contributed by atoms with van der Waals surface area (Å²) >= 11 is 0. The van der Waals surface area contributed by atoms with Crippen molar-refractivity contribution >= 4 is 10.2 Å². The summed E-state index contributed by atoms with van der Waals surface area (Å²) in [5, 5.41) is 4.81. The first kappa shape index (κ1) is 11.2. The first-order valence-electron chi connectivity index (χ1n) is 4.70. The number of benzene rings is 1. The van der Waals surface area contributed by atoms with Crippen molar-refractivity contribution in [3.63, 3.8) is 0 Å². The molecule has 0 spiro atoms. The summed E-state index contributed by atoms with van der Waals surface area (Å²) in [6.07, 6.45) is -0.367. The lowest BCUT2D eigenvalue weighted by Crippen LogP contribution is -2.42. The van der Waals surface area contributed by atoms with Gasteiger partial charge in [0.25, 0.3) is 10.2 Å². The molecular formula is C9H12N2O4S. The molecule has 7 heteroatoms. The van der Waals surface area contributed by atoms with Crippen molar-refractivity contribution in [1.82, 2.24) is 4.72 Å². The molecule has 1 aromatic rings. The van der Waals surface area contributed by atoms with Crippen LogP contribution in [0.25, 0.3) is 0 Å². The van der Waals surface area contributed by atoms with Crippen molar-refractivity contribution in [3.05, 3.63) is 24.3 Å². The Bertz CT molecular complexity index is 474. The Morgan fingerprint density at radius 3 is 2.75 bits per heavy atom. The molecule has 3 N–H and O–H groups in total. The highest BCUT2D eigenvalue weighted by molar-refractivity contribution is 7.87. The van der Waals surface area contributed by atoms with E-state index in [0.717, 1.165) is 0 Å². The van der Waals surface area contributed by atoms with E-state index < -0.39 is 10.2 Å². The minimum absolute atomic E-state index is 0.0904. The van der Waals surface area contributed by atoms with Gasteiger partial charge in [-0.15, -0.1) is 0 Å². The second-order valence-electron chi connectivity index (χ2n) is 3.39.